The minimum Gasteiger partial charge on any atom is -0.387 e. The molecule has 3 nitrogen and oxygen atoms in total. The molecular formula is C16H22N2O. The molecule has 1 atom stereocenters. The Bertz CT molecular complexity index is 535. The van der Waals surface area contributed by atoms with Gasteiger partial charge in [0, 0.05) is 12.4 Å². The van der Waals surface area contributed by atoms with Gasteiger partial charge in [0.1, 0.15) is 5.82 Å². The lowest BCUT2D eigenvalue weighted by Gasteiger charge is -2.20. The largest absolute Gasteiger partial charge is 0.387 e. The van der Waals surface area contributed by atoms with Gasteiger partial charge in [0.2, 0.25) is 0 Å². The van der Waals surface area contributed by atoms with Crippen LogP contribution in [0.4, 0.5) is 0 Å². The lowest BCUT2D eigenvalue weighted by molar-refractivity contribution is 0.155. The van der Waals surface area contributed by atoms with Crippen LogP contribution >= 0.6 is 0 Å². The fourth-order valence-electron chi connectivity index (χ4n) is 2.09. The Morgan fingerprint density at radius 2 is 1.84 bits per heavy atom. The van der Waals surface area contributed by atoms with Gasteiger partial charge in [-0.1, -0.05) is 45.0 Å². The number of aromatic nitrogens is 2. The Morgan fingerprint density at radius 1 is 1.21 bits per heavy atom. The van der Waals surface area contributed by atoms with Gasteiger partial charge < -0.3 is 9.67 Å². The summed E-state index contributed by atoms with van der Waals surface area (Å²) in [4.78, 5) is 4.16. The van der Waals surface area contributed by atoms with Gasteiger partial charge in [0.15, 0.2) is 0 Å². The fraction of sp³-hybridized carbons (Fsp3) is 0.438. The number of aliphatic hydroxyl groups excluding tert-OH is 1. The summed E-state index contributed by atoms with van der Waals surface area (Å²) in [5.41, 5.74) is 2.37. The molecule has 0 saturated heterocycles. The highest BCUT2D eigenvalue weighted by Gasteiger charge is 2.15. The van der Waals surface area contributed by atoms with Crippen LogP contribution in [0.2, 0.25) is 0 Å². The monoisotopic (exact) mass is 258 g/mol. The second-order valence-corrected chi connectivity index (χ2v) is 6.01. The number of benzene rings is 1. The first-order chi connectivity index (χ1) is 8.88. The van der Waals surface area contributed by atoms with Gasteiger partial charge in [-0.25, -0.2) is 4.98 Å². The molecule has 0 bridgehead atoms. The molecule has 19 heavy (non-hydrogen) atoms. The maximum atomic E-state index is 10.3. The van der Waals surface area contributed by atoms with E-state index in [-0.39, 0.29) is 5.41 Å². The van der Waals surface area contributed by atoms with Gasteiger partial charge in [0.05, 0.1) is 12.6 Å². The van der Waals surface area contributed by atoms with E-state index in [0.717, 1.165) is 11.4 Å². The zero-order valence-electron chi connectivity index (χ0n) is 12.1. The Hall–Kier alpha value is -1.61. The number of imidazole rings is 1. The first-order valence-electron chi connectivity index (χ1n) is 6.64. The van der Waals surface area contributed by atoms with E-state index >= 15 is 0 Å². The number of aliphatic hydroxyl groups is 1. The average molecular weight is 258 g/mol. The van der Waals surface area contributed by atoms with E-state index in [1.807, 2.05) is 29.8 Å². The van der Waals surface area contributed by atoms with Crippen LogP contribution in [-0.4, -0.2) is 14.7 Å². The Labute approximate surface area is 114 Å². The van der Waals surface area contributed by atoms with Crippen molar-refractivity contribution in [2.75, 3.05) is 0 Å². The highest BCUT2D eigenvalue weighted by atomic mass is 16.3. The van der Waals surface area contributed by atoms with Crippen molar-refractivity contribution in [1.82, 2.24) is 9.55 Å². The molecule has 102 valence electrons. The molecule has 1 aromatic carbocycles. The third-order valence-electron chi connectivity index (χ3n) is 3.45. The van der Waals surface area contributed by atoms with Gasteiger partial charge in [0.25, 0.3) is 0 Å². The van der Waals surface area contributed by atoms with Crippen molar-refractivity contribution in [2.45, 2.75) is 45.8 Å². The van der Waals surface area contributed by atoms with Crippen LogP contribution in [-0.2, 0) is 12.0 Å². The molecule has 0 fully saturated rings. The zero-order chi connectivity index (χ0) is 14.0. The van der Waals surface area contributed by atoms with Crippen LogP contribution in [0, 0.1) is 6.92 Å². The molecule has 1 heterocycles. The van der Waals surface area contributed by atoms with Crippen LogP contribution in [0.1, 0.15) is 43.8 Å². The number of nitrogens with zero attached hydrogens (tertiary/aromatic N) is 2. The molecule has 2 rings (SSSR count). The molecule has 2 aromatic rings. The van der Waals surface area contributed by atoms with E-state index in [9.17, 15) is 5.11 Å². The maximum Gasteiger partial charge on any atom is 0.105 e. The summed E-state index contributed by atoms with van der Waals surface area (Å²) in [6.07, 6.45) is 3.15. The van der Waals surface area contributed by atoms with E-state index in [0.29, 0.717) is 6.54 Å². The summed E-state index contributed by atoms with van der Waals surface area (Å²) in [5.74, 6) is 0.922. The van der Waals surface area contributed by atoms with Crippen LogP contribution in [0.5, 0.6) is 0 Å². The topological polar surface area (TPSA) is 38.0 Å². The quantitative estimate of drug-likeness (QED) is 0.918. The minimum absolute atomic E-state index is 0.143. The van der Waals surface area contributed by atoms with Crippen molar-refractivity contribution in [1.29, 1.82) is 0 Å². The van der Waals surface area contributed by atoms with Crippen molar-refractivity contribution in [2.24, 2.45) is 0 Å². The molecule has 3 heteroatoms. The zero-order valence-corrected chi connectivity index (χ0v) is 12.1. The molecule has 0 amide bonds. The SMILES string of the molecule is Cc1nccn1CC(O)c1ccc(C(C)(C)C)cc1. The summed E-state index contributed by atoms with van der Waals surface area (Å²) < 4.78 is 1.96. The van der Waals surface area contributed by atoms with Crippen molar-refractivity contribution < 1.29 is 5.11 Å². The molecule has 1 unspecified atom stereocenters. The third kappa shape index (κ3) is 3.24. The predicted octanol–water partition coefficient (Wildman–Crippen LogP) is 3.22. The molecular weight excluding hydrogens is 236 g/mol. The highest BCUT2D eigenvalue weighted by Crippen LogP contribution is 2.24. The number of aryl methyl sites for hydroxylation is 1. The lowest BCUT2D eigenvalue weighted by atomic mass is 9.86. The molecule has 0 aliphatic rings. The predicted molar refractivity (Wildman–Crippen MR) is 77.1 cm³/mol. The molecule has 0 saturated carbocycles. The number of rotatable bonds is 3. The molecule has 0 aliphatic carbocycles. The summed E-state index contributed by atoms with van der Waals surface area (Å²) in [6, 6.07) is 8.22. The van der Waals surface area contributed by atoms with E-state index < -0.39 is 6.10 Å². The Kier molecular flexibility index (Phi) is 3.76. The molecule has 0 spiro atoms. The van der Waals surface area contributed by atoms with Gasteiger partial charge in [-0.15, -0.1) is 0 Å². The van der Waals surface area contributed by atoms with Gasteiger partial charge in [-0.05, 0) is 23.5 Å². The first kappa shape index (κ1) is 13.8. The second-order valence-electron chi connectivity index (χ2n) is 6.01. The van der Waals surface area contributed by atoms with E-state index in [1.54, 1.807) is 6.20 Å². The number of hydrogen-bond donors (Lipinski definition) is 1. The summed E-state index contributed by atoms with van der Waals surface area (Å²) in [7, 11) is 0. The van der Waals surface area contributed by atoms with Crippen LogP contribution < -0.4 is 0 Å². The molecule has 1 N–H and O–H groups in total. The smallest absolute Gasteiger partial charge is 0.105 e. The second kappa shape index (κ2) is 5.17. The van der Waals surface area contributed by atoms with Crippen LogP contribution in [0.3, 0.4) is 0 Å². The van der Waals surface area contributed by atoms with Gasteiger partial charge in [-0.3, -0.25) is 0 Å². The average Bonchev–Trinajstić information content (AvgIpc) is 2.74. The molecule has 1 aromatic heterocycles. The van der Waals surface area contributed by atoms with Crippen molar-refractivity contribution >= 4 is 0 Å². The van der Waals surface area contributed by atoms with E-state index in [1.165, 1.54) is 5.56 Å². The summed E-state index contributed by atoms with van der Waals surface area (Å²) >= 11 is 0. The van der Waals surface area contributed by atoms with Gasteiger partial charge in [-0.2, -0.15) is 0 Å². The lowest BCUT2D eigenvalue weighted by Crippen LogP contribution is -2.12. The summed E-state index contributed by atoms with van der Waals surface area (Å²) in [5, 5.41) is 10.3. The maximum absolute atomic E-state index is 10.3. The van der Waals surface area contributed by atoms with E-state index in [2.05, 4.69) is 37.9 Å². The first-order valence-corrected chi connectivity index (χ1v) is 6.64. The Morgan fingerprint density at radius 3 is 2.32 bits per heavy atom. The minimum atomic E-state index is -0.498. The molecule has 0 aliphatic heterocycles. The standard InChI is InChI=1S/C16H22N2O/c1-12-17-9-10-18(12)11-15(19)13-5-7-14(8-6-13)16(2,3)4/h5-10,15,19H,11H2,1-4H3. The number of hydrogen-bond acceptors (Lipinski definition) is 2. The van der Waals surface area contributed by atoms with Crippen LogP contribution in [0.25, 0.3) is 0 Å². The van der Waals surface area contributed by atoms with Crippen LogP contribution in [0.15, 0.2) is 36.7 Å². The van der Waals surface area contributed by atoms with Gasteiger partial charge >= 0.3 is 0 Å². The Balaban J connectivity index is 2.12. The van der Waals surface area contributed by atoms with E-state index in [4.69, 9.17) is 0 Å². The van der Waals surface area contributed by atoms with Crippen molar-refractivity contribution in [3.63, 3.8) is 0 Å². The van der Waals surface area contributed by atoms with Crippen molar-refractivity contribution in [3.8, 4) is 0 Å². The summed E-state index contributed by atoms with van der Waals surface area (Å²) in [6.45, 7) is 9.05. The highest BCUT2D eigenvalue weighted by molar-refractivity contribution is 5.28. The molecule has 0 radical (unpaired) electrons. The normalized spacial score (nSPS) is 13.5. The third-order valence-corrected chi connectivity index (χ3v) is 3.45. The van der Waals surface area contributed by atoms with Crippen molar-refractivity contribution in [3.05, 3.63) is 53.6 Å². The fourth-order valence-corrected chi connectivity index (χ4v) is 2.09.